The van der Waals surface area contributed by atoms with Gasteiger partial charge in [0, 0.05) is 32.8 Å². The summed E-state index contributed by atoms with van der Waals surface area (Å²) in [5.41, 5.74) is 0. The third kappa shape index (κ3) is 3.28. The number of ether oxygens (including phenoxy) is 1. The van der Waals surface area contributed by atoms with Gasteiger partial charge in [0.05, 0.1) is 0 Å². The van der Waals surface area contributed by atoms with Gasteiger partial charge in [0.25, 0.3) is 0 Å². The van der Waals surface area contributed by atoms with E-state index in [4.69, 9.17) is 4.74 Å². The molecule has 13 heavy (non-hydrogen) atoms. The zero-order valence-corrected chi connectivity index (χ0v) is 7.83. The quantitative estimate of drug-likeness (QED) is 0.590. The van der Waals surface area contributed by atoms with Gasteiger partial charge in [-0.3, -0.25) is 4.79 Å². The molecule has 5 heteroatoms. The molecule has 1 fully saturated rings. The maximum atomic E-state index is 12.5. The predicted molar refractivity (Wildman–Crippen MR) is 45.8 cm³/mol. The zero-order valence-electron chi connectivity index (χ0n) is 7.83. The lowest BCUT2D eigenvalue weighted by atomic mass is 10.3. The van der Waals surface area contributed by atoms with E-state index >= 15 is 0 Å². The first-order valence-electron chi connectivity index (χ1n) is 4.50. The summed E-state index contributed by atoms with van der Waals surface area (Å²) in [5, 5.41) is 0.727. The fourth-order valence-corrected chi connectivity index (χ4v) is 1.21. The summed E-state index contributed by atoms with van der Waals surface area (Å²) in [5.74, 6) is -0.0463. The van der Waals surface area contributed by atoms with E-state index in [1.165, 1.54) is 0 Å². The van der Waals surface area contributed by atoms with Crippen LogP contribution < -0.4 is 0 Å². The van der Waals surface area contributed by atoms with Crippen LogP contribution in [0.15, 0.2) is 0 Å². The Kier molecular flexibility index (Phi) is 4.11. The molecule has 0 aromatic heterocycles. The number of carbonyl (C=O) groups is 1. The molecule has 0 bridgehead atoms. The van der Waals surface area contributed by atoms with Gasteiger partial charge in [-0.25, -0.2) is 0 Å². The van der Waals surface area contributed by atoms with Gasteiger partial charge in [0.1, 0.15) is 6.61 Å². The van der Waals surface area contributed by atoms with Crippen LogP contribution in [0, 0.1) is 0 Å². The molecule has 4 nitrogen and oxygen atoms in total. The molecule has 0 radical (unpaired) electrons. The standard InChI is InChI=1S/C8H15FN2O2/c1-2-13-7-8(12)10-3-5-11(9)6-4-10/h2-7H2,1H3. The molecule has 1 aliphatic heterocycles. The van der Waals surface area contributed by atoms with Crippen molar-refractivity contribution in [2.45, 2.75) is 6.92 Å². The van der Waals surface area contributed by atoms with Crippen molar-refractivity contribution in [3.63, 3.8) is 0 Å². The van der Waals surface area contributed by atoms with Crippen molar-refractivity contribution in [3.8, 4) is 0 Å². The highest BCUT2D eigenvalue weighted by Gasteiger charge is 2.20. The Bertz CT molecular complexity index is 170. The lowest BCUT2D eigenvalue weighted by molar-refractivity contribution is -0.140. The fraction of sp³-hybridized carbons (Fsp3) is 0.875. The van der Waals surface area contributed by atoms with E-state index in [0.717, 1.165) is 5.12 Å². The van der Waals surface area contributed by atoms with Gasteiger partial charge >= 0.3 is 0 Å². The molecule has 1 saturated heterocycles. The lowest BCUT2D eigenvalue weighted by Gasteiger charge is -2.29. The van der Waals surface area contributed by atoms with E-state index in [1.807, 2.05) is 6.92 Å². The molecule has 0 aliphatic carbocycles. The van der Waals surface area contributed by atoms with Crippen LogP contribution in [0.2, 0.25) is 0 Å². The molecule has 0 atom stereocenters. The molecule has 0 unspecified atom stereocenters. The Morgan fingerprint density at radius 2 is 2.00 bits per heavy atom. The highest BCUT2D eigenvalue weighted by atomic mass is 19.2. The van der Waals surface area contributed by atoms with E-state index in [0.29, 0.717) is 32.8 Å². The van der Waals surface area contributed by atoms with Crippen LogP contribution in [0.1, 0.15) is 6.92 Å². The number of amides is 1. The van der Waals surface area contributed by atoms with Gasteiger partial charge < -0.3 is 9.64 Å². The average molecular weight is 190 g/mol. The van der Waals surface area contributed by atoms with Crippen LogP contribution >= 0.6 is 0 Å². The molecule has 0 spiro atoms. The highest BCUT2D eigenvalue weighted by molar-refractivity contribution is 5.77. The molecule has 1 heterocycles. The molecular formula is C8H15FN2O2. The molecule has 1 amide bonds. The Morgan fingerprint density at radius 1 is 1.38 bits per heavy atom. The van der Waals surface area contributed by atoms with Crippen molar-refractivity contribution >= 4 is 5.91 Å². The number of hydrogen-bond acceptors (Lipinski definition) is 3. The zero-order chi connectivity index (χ0) is 9.68. The minimum absolute atomic E-state index is 0.0463. The van der Waals surface area contributed by atoms with Crippen LogP contribution in [0.3, 0.4) is 0 Å². The third-order valence-corrected chi connectivity index (χ3v) is 2.01. The second-order valence-electron chi connectivity index (χ2n) is 2.93. The summed E-state index contributed by atoms with van der Waals surface area (Å²) < 4.78 is 17.5. The topological polar surface area (TPSA) is 32.8 Å². The van der Waals surface area contributed by atoms with Crippen LogP contribution in [-0.2, 0) is 9.53 Å². The molecule has 0 aromatic carbocycles. The van der Waals surface area contributed by atoms with Gasteiger partial charge in [0.15, 0.2) is 0 Å². The highest BCUT2D eigenvalue weighted by Crippen LogP contribution is 2.01. The third-order valence-electron chi connectivity index (χ3n) is 2.01. The summed E-state index contributed by atoms with van der Waals surface area (Å²) >= 11 is 0. The van der Waals surface area contributed by atoms with Gasteiger partial charge in [0.2, 0.25) is 5.91 Å². The van der Waals surface area contributed by atoms with Crippen molar-refractivity contribution in [1.29, 1.82) is 0 Å². The van der Waals surface area contributed by atoms with E-state index in [9.17, 15) is 9.28 Å². The predicted octanol–water partition coefficient (Wildman–Crippen LogP) is 0.0516. The smallest absolute Gasteiger partial charge is 0.248 e. The first-order valence-corrected chi connectivity index (χ1v) is 4.50. The fourth-order valence-electron chi connectivity index (χ4n) is 1.21. The Balaban J connectivity index is 2.23. The second kappa shape index (κ2) is 5.14. The summed E-state index contributed by atoms with van der Waals surface area (Å²) in [4.78, 5) is 13.0. The maximum Gasteiger partial charge on any atom is 0.248 e. The van der Waals surface area contributed by atoms with E-state index in [2.05, 4.69) is 0 Å². The molecule has 1 rings (SSSR count). The largest absolute Gasteiger partial charge is 0.372 e. The van der Waals surface area contributed by atoms with E-state index in [1.54, 1.807) is 4.90 Å². The second-order valence-corrected chi connectivity index (χ2v) is 2.93. The first kappa shape index (κ1) is 10.4. The minimum Gasteiger partial charge on any atom is -0.372 e. The normalized spacial score (nSPS) is 19.1. The van der Waals surface area contributed by atoms with Crippen LogP contribution in [-0.4, -0.2) is 55.3 Å². The molecule has 0 saturated carbocycles. The lowest BCUT2D eigenvalue weighted by Crippen LogP contribution is -2.47. The van der Waals surface area contributed by atoms with Crippen LogP contribution in [0.5, 0.6) is 0 Å². The van der Waals surface area contributed by atoms with E-state index in [-0.39, 0.29) is 12.5 Å². The summed E-state index contributed by atoms with van der Waals surface area (Å²) in [6.45, 7) is 4.02. The minimum atomic E-state index is -0.0463. The number of nitrogens with zero attached hydrogens (tertiary/aromatic N) is 2. The van der Waals surface area contributed by atoms with Crippen molar-refractivity contribution < 1.29 is 14.0 Å². The summed E-state index contributed by atoms with van der Waals surface area (Å²) in [6.07, 6.45) is 0. The Labute approximate surface area is 77.2 Å². The Hall–Kier alpha value is -0.680. The molecular weight excluding hydrogens is 175 g/mol. The van der Waals surface area contributed by atoms with Gasteiger partial charge in [-0.1, -0.05) is 0 Å². The van der Waals surface area contributed by atoms with Crippen molar-refractivity contribution in [3.05, 3.63) is 0 Å². The maximum absolute atomic E-state index is 12.5. The molecule has 0 N–H and O–H groups in total. The molecule has 1 aliphatic rings. The first-order chi connectivity index (χ1) is 6.24. The van der Waals surface area contributed by atoms with Crippen LogP contribution in [0.4, 0.5) is 4.48 Å². The van der Waals surface area contributed by atoms with Gasteiger partial charge in [-0.05, 0) is 6.92 Å². The number of rotatable bonds is 3. The summed E-state index contributed by atoms with van der Waals surface area (Å²) in [6, 6.07) is 0. The average Bonchev–Trinajstić information content (AvgIpc) is 2.15. The van der Waals surface area contributed by atoms with Crippen molar-refractivity contribution in [2.24, 2.45) is 0 Å². The van der Waals surface area contributed by atoms with Gasteiger partial charge in [-0.15, -0.1) is 9.60 Å². The number of hydrogen-bond donors (Lipinski definition) is 0. The van der Waals surface area contributed by atoms with Gasteiger partial charge in [-0.2, -0.15) is 0 Å². The molecule has 0 aromatic rings. The van der Waals surface area contributed by atoms with Crippen molar-refractivity contribution in [1.82, 2.24) is 10.0 Å². The number of carbonyl (C=O) groups excluding carboxylic acids is 1. The van der Waals surface area contributed by atoms with Crippen LogP contribution in [0.25, 0.3) is 0 Å². The SMILES string of the molecule is CCOCC(=O)N1CCN(F)CC1. The number of halogens is 1. The number of piperazine rings is 1. The monoisotopic (exact) mass is 190 g/mol. The van der Waals surface area contributed by atoms with E-state index < -0.39 is 0 Å². The Morgan fingerprint density at radius 3 is 2.54 bits per heavy atom. The van der Waals surface area contributed by atoms with Crippen molar-refractivity contribution in [2.75, 3.05) is 39.4 Å². The summed E-state index contributed by atoms with van der Waals surface area (Å²) in [7, 11) is 0. The molecule has 76 valence electrons.